The van der Waals surface area contributed by atoms with E-state index in [0.717, 1.165) is 36.8 Å². The van der Waals surface area contributed by atoms with Crippen LogP contribution in [0, 0.1) is 0 Å². The summed E-state index contributed by atoms with van der Waals surface area (Å²) in [6.07, 6.45) is 5.24. The lowest BCUT2D eigenvalue weighted by Crippen LogP contribution is -2.17. The van der Waals surface area contributed by atoms with Crippen LogP contribution in [0.25, 0.3) is 0 Å². The monoisotopic (exact) mass is 221 g/mol. The van der Waals surface area contributed by atoms with Crippen molar-refractivity contribution in [1.82, 2.24) is 0 Å². The molecule has 0 aliphatic heterocycles. The van der Waals surface area contributed by atoms with E-state index in [4.69, 9.17) is 5.73 Å². The molecule has 2 rings (SSSR count). The van der Waals surface area contributed by atoms with E-state index in [1.165, 1.54) is 0 Å². The average Bonchev–Trinajstić information content (AvgIpc) is 2.75. The van der Waals surface area contributed by atoms with E-state index in [-0.39, 0.29) is 0 Å². The highest BCUT2D eigenvalue weighted by atomic mass is 19.1. The molecular weight excluding hydrogens is 201 g/mol. The number of halogens is 1. The lowest BCUT2D eigenvalue weighted by Gasteiger charge is -2.22. The lowest BCUT2D eigenvalue weighted by molar-refractivity contribution is 0.173. The molecule has 88 valence electrons. The van der Waals surface area contributed by atoms with Crippen LogP contribution < -0.4 is 5.73 Å². The van der Waals surface area contributed by atoms with E-state index < -0.39 is 5.67 Å². The second kappa shape index (κ2) is 4.96. The van der Waals surface area contributed by atoms with Crippen molar-refractivity contribution >= 4 is 0 Å². The van der Waals surface area contributed by atoms with Gasteiger partial charge in [0.15, 0.2) is 0 Å². The minimum atomic E-state index is -1.06. The highest BCUT2D eigenvalue weighted by Crippen LogP contribution is 2.43. The fraction of sp³-hybridized carbons (Fsp3) is 0.571. The molecule has 1 aromatic carbocycles. The second-order valence-corrected chi connectivity index (χ2v) is 4.72. The quantitative estimate of drug-likeness (QED) is 0.829. The summed E-state index contributed by atoms with van der Waals surface area (Å²) in [4.78, 5) is 0. The van der Waals surface area contributed by atoms with Crippen LogP contribution in [-0.4, -0.2) is 6.54 Å². The fourth-order valence-electron chi connectivity index (χ4n) is 2.67. The molecule has 2 N–H and O–H groups in total. The number of aryl methyl sites for hydroxylation is 1. The molecule has 0 radical (unpaired) electrons. The maximum Gasteiger partial charge on any atom is 0.136 e. The predicted molar refractivity (Wildman–Crippen MR) is 65.1 cm³/mol. The zero-order valence-corrected chi connectivity index (χ0v) is 9.71. The van der Waals surface area contributed by atoms with Gasteiger partial charge in [-0.05, 0) is 56.2 Å². The van der Waals surface area contributed by atoms with E-state index >= 15 is 0 Å². The summed E-state index contributed by atoms with van der Waals surface area (Å²) in [6, 6.07) is 7.94. The third-order valence-corrected chi connectivity index (χ3v) is 3.55. The van der Waals surface area contributed by atoms with Crippen molar-refractivity contribution in [3.63, 3.8) is 0 Å². The van der Waals surface area contributed by atoms with Crippen molar-refractivity contribution in [2.75, 3.05) is 6.54 Å². The van der Waals surface area contributed by atoms with E-state index in [9.17, 15) is 4.39 Å². The topological polar surface area (TPSA) is 26.0 Å². The zero-order valence-electron chi connectivity index (χ0n) is 9.71. The van der Waals surface area contributed by atoms with Gasteiger partial charge in [0, 0.05) is 0 Å². The Hall–Kier alpha value is -0.890. The summed E-state index contributed by atoms with van der Waals surface area (Å²) in [5, 5.41) is 0. The van der Waals surface area contributed by atoms with Crippen molar-refractivity contribution in [2.45, 2.75) is 44.2 Å². The first-order chi connectivity index (χ1) is 7.76. The molecule has 0 atom stereocenters. The molecule has 1 nitrogen and oxygen atoms in total. The van der Waals surface area contributed by atoms with Crippen molar-refractivity contribution in [1.29, 1.82) is 0 Å². The number of benzene rings is 1. The summed E-state index contributed by atoms with van der Waals surface area (Å²) < 4.78 is 14.7. The van der Waals surface area contributed by atoms with Crippen LogP contribution in [-0.2, 0) is 12.1 Å². The smallest absolute Gasteiger partial charge is 0.136 e. The summed E-state index contributed by atoms with van der Waals surface area (Å²) in [5.41, 5.74) is 6.52. The summed E-state index contributed by atoms with van der Waals surface area (Å²) in [7, 11) is 0. The van der Waals surface area contributed by atoms with Gasteiger partial charge >= 0.3 is 0 Å². The van der Waals surface area contributed by atoms with E-state index in [0.29, 0.717) is 19.4 Å². The first kappa shape index (κ1) is 11.6. The molecule has 0 unspecified atom stereocenters. The van der Waals surface area contributed by atoms with Crippen LogP contribution in [0.2, 0.25) is 0 Å². The molecule has 0 spiro atoms. The Bertz CT molecular complexity index is 342. The Morgan fingerprint density at radius 2 is 1.88 bits per heavy atom. The van der Waals surface area contributed by atoms with E-state index in [1.807, 2.05) is 24.3 Å². The van der Waals surface area contributed by atoms with Gasteiger partial charge in [-0.25, -0.2) is 4.39 Å². The van der Waals surface area contributed by atoms with Crippen molar-refractivity contribution < 1.29 is 4.39 Å². The Labute approximate surface area is 96.9 Å². The number of hydrogen-bond acceptors (Lipinski definition) is 1. The van der Waals surface area contributed by atoms with Crippen LogP contribution in [0.3, 0.4) is 0 Å². The van der Waals surface area contributed by atoms with Crippen LogP contribution >= 0.6 is 0 Å². The van der Waals surface area contributed by atoms with Gasteiger partial charge in [0.05, 0.1) is 0 Å². The molecule has 2 heteroatoms. The maximum absolute atomic E-state index is 14.7. The Balaban J connectivity index is 2.24. The summed E-state index contributed by atoms with van der Waals surface area (Å²) in [6.45, 7) is 0.674. The number of rotatable bonds is 4. The Morgan fingerprint density at radius 1 is 1.19 bits per heavy atom. The van der Waals surface area contributed by atoms with Gasteiger partial charge in [-0.2, -0.15) is 0 Å². The first-order valence-corrected chi connectivity index (χ1v) is 6.24. The molecule has 1 aliphatic rings. The van der Waals surface area contributed by atoms with Crippen LogP contribution in [0.5, 0.6) is 0 Å². The molecule has 16 heavy (non-hydrogen) atoms. The van der Waals surface area contributed by atoms with Crippen molar-refractivity contribution in [2.24, 2.45) is 5.73 Å². The highest BCUT2D eigenvalue weighted by Gasteiger charge is 2.36. The Morgan fingerprint density at radius 3 is 2.56 bits per heavy atom. The van der Waals surface area contributed by atoms with Crippen molar-refractivity contribution in [3.8, 4) is 0 Å². The minimum absolute atomic E-state index is 0.674. The maximum atomic E-state index is 14.7. The number of alkyl halides is 1. The lowest BCUT2D eigenvalue weighted by atomic mass is 9.88. The third-order valence-electron chi connectivity index (χ3n) is 3.55. The van der Waals surface area contributed by atoms with Gasteiger partial charge in [-0.1, -0.05) is 24.3 Å². The highest BCUT2D eigenvalue weighted by molar-refractivity contribution is 5.33. The largest absolute Gasteiger partial charge is 0.330 e. The molecule has 1 aromatic rings. The standard InChI is InChI=1S/C14H20FN/c15-14(9-3-4-10-14)13-8-2-1-6-12(13)7-5-11-16/h1-2,6,8H,3-5,7,9-11,16H2. The summed E-state index contributed by atoms with van der Waals surface area (Å²) in [5.74, 6) is 0. The predicted octanol–water partition coefficient (Wildman–Crippen LogP) is 3.32. The molecule has 0 saturated heterocycles. The minimum Gasteiger partial charge on any atom is -0.330 e. The molecule has 1 saturated carbocycles. The Kier molecular flexibility index (Phi) is 3.59. The average molecular weight is 221 g/mol. The van der Waals surface area contributed by atoms with Crippen molar-refractivity contribution in [3.05, 3.63) is 35.4 Å². The van der Waals surface area contributed by atoms with Gasteiger partial charge in [-0.15, -0.1) is 0 Å². The van der Waals surface area contributed by atoms with Crippen LogP contribution in [0.15, 0.2) is 24.3 Å². The van der Waals surface area contributed by atoms with Crippen LogP contribution in [0.4, 0.5) is 4.39 Å². The number of hydrogen-bond donors (Lipinski definition) is 1. The summed E-state index contributed by atoms with van der Waals surface area (Å²) >= 11 is 0. The van der Waals surface area contributed by atoms with Crippen LogP contribution in [0.1, 0.15) is 43.2 Å². The normalized spacial score (nSPS) is 18.9. The van der Waals surface area contributed by atoms with Gasteiger partial charge in [-0.3, -0.25) is 0 Å². The molecule has 0 heterocycles. The fourth-order valence-corrected chi connectivity index (χ4v) is 2.67. The zero-order chi connectivity index (χ0) is 11.4. The van der Waals surface area contributed by atoms with E-state index in [1.54, 1.807) is 0 Å². The second-order valence-electron chi connectivity index (χ2n) is 4.72. The van der Waals surface area contributed by atoms with E-state index in [2.05, 4.69) is 0 Å². The first-order valence-electron chi connectivity index (χ1n) is 6.24. The molecule has 1 fully saturated rings. The van der Waals surface area contributed by atoms with Gasteiger partial charge < -0.3 is 5.73 Å². The van der Waals surface area contributed by atoms with Gasteiger partial charge in [0.25, 0.3) is 0 Å². The molecule has 0 aromatic heterocycles. The molecule has 1 aliphatic carbocycles. The van der Waals surface area contributed by atoms with Gasteiger partial charge in [0.2, 0.25) is 0 Å². The third kappa shape index (κ3) is 2.27. The van der Waals surface area contributed by atoms with Gasteiger partial charge in [0.1, 0.15) is 5.67 Å². The molecule has 0 bridgehead atoms. The number of nitrogens with two attached hydrogens (primary N) is 1. The molecule has 0 amide bonds. The SMILES string of the molecule is NCCCc1ccccc1C1(F)CCCC1. The molecular formula is C14H20FN.